The van der Waals surface area contributed by atoms with Crippen molar-refractivity contribution in [3.8, 4) is 5.75 Å². The van der Waals surface area contributed by atoms with Crippen LogP contribution in [0.4, 0.5) is 13.2 Å². The van der Waals surface area contributed by atoms with Gasteiger partial charge < -0.3 is 15.4 Å². The first kappa shape index (κ1) is 20.6. The van der Waals surface area contributed by atoms with Crippen LogP contribution in [0.3, 0.4) is 0 Å². The number of likely N-dealkylation sites (tertiary alicyclic amines) is 1. The van der Waals surface area contributed by atoms with Gasteiger partial charge in [0.15, 0.2) is 5.96 Å². The number of nitrogens with one attached hydrogen (secondary N) is 2. The number of aliphatic imine (C=N–C) groups is 1. The maximum atomic E-state index is 12.5. The minimum absolute atomic E-state index is 0.0673. The molecule has 0 spiro atoms. The second kappa shape index (κ2) is 9.32. The van der Waals surface area contributed by atoms with Crippen LogP contribution in [0.2, 0.25) is 5.02 Å². The van der Waals surface area contributed by atoms with Crippen LogP contribution in [0.5, 0.6) is 5.75 Å². The van der Waals surface area contributed by atoms with Gasteiger partial charge in [-0.25, -0.2) is 4.99 Å². The molecule has 0 saturated carbocycles. The van der Waals surface area contributed by atoms with Crippen molar-refractivity contribution < 1.29 is 17.9 Å². The number of alkyl halides is 3. The molecule has 1 aliphatic heterocycles. The number of rotatable bonds is 6. The van der Waals surface area contributed by atoms with Gasteiger partial charge >= 0.3 is 6.18 Å². The minimum atomic E-state index is -4.17. The molecule has 26 heavy (non-hydrogen) atoms. The van der Waals surface area contributed by atoms with Crippen LogP contribution < -0.4 is 15.4 Å². The van der Waals surface area contributed by atoms with Crippen LogP contribution in [-0.4, -0.2) is 56.4 Å². The maximum Gasteiger partial charge on any atom is 0.401 e. The van der Waals surface area contributed by atoms with E-state index in [2.05, 4.69) is 15.6 Å². The molecule has 146 valence electrons. The van der Waals surface area contributed by atoms with Gasteiger partial charge in [-0.3, -0.25) is 4.90 Å². The van der Waals surface area contributed by atoms with Crippen molar-refractivity contribution in [2.75, 3.05) is 33.3 Å². The lowest BCUT2D eigenvalue weighted by Gasteiger charge is -2.20. The predicted molar refractivity (Wildman–Crippen MR) is 96.9 cm³/mol. The van der Waals surface area contributed by atoms with E-state index < -0.39 is 12.7 Å². The number of benzene rings is 1. The lowest BCUT2D eigenvalue weighted by molar-refractivity contribution is -0.143. The van der Waals surface area contributed by atoms with E-state index in [-0.39, 0.29) is 6.04 Å². The van der Waals surface area contributed by atoms with E-state index in [0.29, 0.717) is 49.3 Å². The molecule has 1 aromatic rings. The van der Waals surface area contributed by atoms with Crippen LogP contribution in [0.1, 0.15) is 18.9 Å². The zero-order valence-corrected chi connectivity index (χ0v) is 15.6. The Morgan fingerprint density at radius 2 is 2.19 bits per heavy atom. The topological polar surface area (TPSA) is 48.9 Å². The molecular formula is C17H24ClF3N4O. The molecule has 0 amide bonds. The highest BCUT2D eigenvalue weighted by molar-refractivity contribution is 6.30. The lowest BCUT2D eigenvalue weighted by Crippen LogP contribution is -2.45. The average Bonchev–Trinajstić information content (AvgIpc) is 2.98. The standard InChI is InChI=1S/C17H24ClF3N4O/c1-3-22-16(23-9-12-4-5-13(18)8-15(12)26-2)24-14-6-7-25(10-14)11-17(19,20)21/h4-5,8,14H,3,6-7,9-11H2,1-2H3,(H2,22,23,24). The monoisotopic (exact) mass is 392 g/mol. The highest BCUT2D eigenvalue weighted by Crippen LogP contribution is 2.24. The molecule has 1 atom stereocenters. The van der Waals surface area contributed by atoms with E-state index >= 15 is 0 Å². The molecular weight excluding hydrogens is 369 g/mol. The largest absolute Gasteiger partial charge is 0.496 e. The number of guanidine groups is 1. The number of methoxy groups -OCH3 is 1. The number of hydrogen-bond donors (Lipinski definition) is 2. The van der Waals surface area contributed by atoms with Crippen molar-refractivity contribution in [3.63, 3.8) is 0 Å². The fourth-order valence-electron chi connectivity index (χ4n) is 2.87. The molecule has 1 saturated heterocycles. The minimum Gasteiger partial charge on any atom is -0.496 e. The number of ether oxygens (including phenoxy) is 1. The molecule has 2 rings (SSSR count). The zero-order valence-electron chi connectivity index (χ0n) is 14.9. The Morgan fingerprint density at radius 1 is 1.42 bits per heavy atom. The van der Waals surface area contributed by atoms with Gasteiger partial charge in [0.25, 0.3) is 0 Å². The third kappa shape index (κ3) is 6.57. The summed E-state index contributed by atoms with van der Waals surface area (Å²) in [7, 11) is 1.57. The van der Waals surface area contributed by atoms with Crippen LogP contribution in [0, 0.1) is 0 Å². The molecule has 5 nitrogen and oxygen atoms in total. The first-order valence-corrected chi connectivity index (χ1v) is 8.85. The Labute approximate surface area is 156 Å². The van der Waals surface area contributed by atoms with E-state index in [1.54, 1.807) is 19.2 Å². The fraction of sp³-hybridized carbons (Fsp3) is 0.588. The molecule has 0 radical (unpaired) electrons. The third-order valence-corrected chi connectivity index (χ3v) is 4.25. The summed E-state index contributed by atoms with van der Waals surface area (Å²) in [4.78, 5) is 5.92. The fourth-order valence-corrected chi connectivity index (χ4v) is 3.04. The van der Waals surface area contributed by atoms with E-state index in [1.807, 2.05) is 13.0 Å². The molecule has 1 fully saturated rings. The van der Waals surface area contributed by atoms with Crippen molar-refractivity contribution >= 4 is 17.6 Å². The Morgan fingerprint density at radius 3 is 2.85 bits per heavy atom. The smallest absolute Gasteiger partial charge is 0.401 e. The molecule has 9 heteroatoms. The predicted octanol–water partition coefficient (Wildman–Crippen LogP) is 3.04. The number of hydrogen-bond acceptors (Lipinski definition) is 3. The van der Waals surface area contributed by atoms with Crippen molar-refractivity contribution in [2.24, 2.45) is 4.99 Å². The van der Waals surface area contributed by atoms with Gasteiger partial charge in [-0.05, 0) is 25.5 Å². The van der Waals surface area contributed by atoms with Gasteiger partial charge in [-0.2, -0.15) is 13.2 Å². The SMILES string of the molecule is CCNC(=NCc1ccc(Cl)cc1OC)NC1CCN(CC(F)(F)F)C1. The molecule has 0 aliphatic carbocycles. The van der Waals surface area contributed by atoms with Crippen LogP contribution >= 0.6 is 11.6 Å². The van der Waals surface area contributed by atoms with Gasteiger partial charge in [0.1, 0.15) is 5.75 Å². The molecule has 1 unspecified atom stereocenters. The number of halogens is 4. The van der Waals surface area contributed by atoms with E-state index in [9.17, 15) is 13.2 Å². The molecule has 1 aromatic carbocycles. The summed E-state index contributed by atoms with van der Waals surface area (Å²) in [5, 5.41) is 6.92. The summed E-state index contributed by atoms with van der Waals surface area (Å²) in [6, 6.07) is 5.26. The summed E-state index contributed by atoms with van der Waals surface area (Å²) in [6.07, 6.45) is -3.52. The van der Waals surface area contributed by atoms with Crippen LogP contribution in [0.15, 0.2) is 23.2 Å². The zero-order chi connectivity index (χ0) is 19.2. The van der Waals surface area contributed by atoms with Gasteiger partial charge in [0.05, 0.1) is 20.2 Å². The molecule has 2 N–H and O–H groups in total. The van der Waals surface area contributed by atoms with E-state index in [4.69, 9.17) is 16.3 Å². The van der Waals surface area contributed by atoms with Crippen molar-refractivity contribution in [2.45, 2.75) is 32.1 Å². The normalized spacial score (nSPS) is 18.8. The third-order valence-electron chi connectivity index (χ3n) is 4.02. The highest BCUT2D eigenvalue weighted by Gasteiger charge is 2.34. The summed E-state index contributed by atoms with van der Waals surface area (Å²) >= 11 is 5.96. The maximum absolute atomic E-state index is 12.5. The molecule has 0 aromatic heterocycles. The van der Waals surface area contributed by atoms with Gasteiger partial charge in [0.2, 0.25) is 0 Å². The first-order chi connectivity index (χ1) is 12.3. The van der Waals surface area contributed by atoms with Crippen LogP contribution in [0.25, 0.3) is 0 Å². The second-order valence-electron chi connectivity index (χ2n) is 6.13. The van der Waals surface area contributed by atoms with Gasteiger partial charge in [0, 0.05) is 36.3 Å². The van der Waals surface area contributed by atoms with Crippen LogP contribution in [-0.2, 0) is 6.54 Å². The van der Waals surface area contributed by atoms with Gasteiger partial charge in [-0.15, -0.1) is 0 Å². The Balaban J connectivity index is 1.97. The average molecular weight is 393 g/mol. The summed E-state index contributed by atoms with van der Waals surface area (Å²) in [5.41, 5.74) is 0.874. The Kier molecular flexibility index (Phi) is 7.40. The summed E-state index contributed by atoms with van der Waals surface area (Å²) in [5.74, 6) is 1.22. The Hall–Kier alpha value is -1.67. The van der Waals surface area contributed by atoms with E-state index in [0.717, 1.165) is 5.56 Å². The van der Waals surface area contributed by atoms with Crippen molar-refractivity contribution in [1.29, 1.82) is 0 Å². The Bertz CT molecular complexity index is 625. The second-order valence-corrected chi connectivity index (χ2v) is 6.57. The van der Waals surface area contributed by atoms with Crippen molar-refractivity contribution in [1.82, 2.24) is 15.5 Å². The van der Waals surface area contributed by atoms with Gasteiger partial charge in [-0.1, -0.05) is 17.7 Å². The lowest BCUT2D eigenvalue weighted by atomic mass is 10.2. The first-order valence-electron chi connectivity index (χ1n) is 8.47. The summed E-state index contributed by atoms with van der Waals surface area (Å²) < 4.78 is 42.8. The van der Waals surface area contributed by atoms with E-state index in [1.165, 1.54) is 4.90 Å². The molecule has 0 bridgehead atoms. The molecule has 1 aliphatic rings. The highest BCUT2D eigenvalue weighted by atomic mass is 35.5. The van der Waals surface area contributed by atoms with Crippen molar-refractivity contribution in [3.05, 3.63) is 28.8 Å². The molecule has 1 heterocycles. The number of nitrogens with zero attached hydrogens (tertiary/aromatic N) is 2. The summed E-state index contributed by atoms with van der Waals surface area (Å²) in [6.45, 7) is 2.85. The quantitative estimate of drug-likeness (QED) is 0.577.